The second-order valence-corrected chi connectivity index (χ2v) is 13.0. The van der Waals surface area contributed by atoms with Gasteiger partial charge in [0.2, 0.25) is 21.8 Å². The summed E-state index contributed by atoms with van der Waals surface area (Å²) in [6.07, 6.45) is 1.39. The zero-order valence-electron chi connectivity index (χ0n) is 24.7. The van der Waals surface area contributed by atoms with Crippen LogP contribution in [0.25, 0.3) is 10.8 Å². The summed E-state index contributed by atoms with van der Waals surface area (Å²) in [4.78, 5) is 29.6. The van der Waals surface area contributed by atoms with E-state index in [-0.39, 0.29) is 24.8 Å². The second kappa shape index (κ2) is 13.7. The topological polar surface area (TPSA) is 86.8 Å². The summed E-state index contributed by atoms with van der Waals surface area (Å²) in [5.41, 5.74) is 3.20. The van der Waals surface area contributed by atoms with Gasteiger partial charge < -0.3 is 10.2 Å². The zero-order chi connectivity index (χ0) is 30.3. The van der Waals surface area contributed by atoms with Gasteiger partial charge in [-0.15, -0.1) is 0 Å². The van der Waals surface area contributed by atoms with Crippen LogP contribution in [-0.2, 0) is 32.6 Å². The lowest BCUT2D eigenvalue weighted by atomic mass is 10.0. The van der Waals surface area contributed by atoms with Crippen LogP contribution in [0.15, 0.2) is 97.1 Å². The molecule has 0 saturated carbocycles. The van der Waals surface area contributed by atoms with Crippen molar-refractivity contribution in [1.82, 2.24) is 10.2 Å². The number of rotatable bonds is 12. The number of sulfonamides is 1. The highest BCUT2D eigenvalue weighted by Crippen LogP contribution is 2.29. The van der Waals surface area contributed by atoms with Gasteiger partial charge >= 0.3 is 0 Å². The van der Waals surface area contributed by atoms with Crippen molar-refractivity contribution in [2.24, 2.45) is 5.92 Å². The maximum atomic E-state index is 14.3. The molecule has 1 N–H and O–H groups in total. The first kappa shape index (κ1) is 30.8. The Labute approximate surface area is 249 Å². The van der Waals surface area contributed by atoms with Crippen molar-refractivity contribution < 1.29 is 18.0 Å². The first-order chi connectivity index (χ1) is 20.0. The fraction of sp³-hybridized carbons (Fsp3) is 0.294. The lowest BCUT2D eigenvalue weighted by Crippen LogP contribution is -2.53. The van der Waals surface area contributed by atoms with Crippen LogP contribution in [0, 0.1) is 12.8 Å². The molecule has 0 aliphatic carbocycles. The van der Waals surface area contributed by atoms with Crippen LogP contribution in [0.3, 0.4) is 0 Å². The summed E-state index contributed by atoms with van der Waals surface area (Å²) >= 11 is 0. The van der Waals surface area contributed by atoms with E-state index in [0.29, 0.717) is 12.2 Å². The lowest BCUT2D eigenvalue weighted by Gasteiger charge is -2.34. The summed E-state index contributed by atoms with van der Waals surface area (Å²) in [5.74, 6) is -0.514. The standard InChI is InChI=1S/C34H39N3O4S/c1-25(2)22-35-34(39)32(21-27-13-6-5-7-14-27)36(23-28-15-10-12-26(3)20-28)33(38)24-37(42(4,40)41)31-19-11-17-29-16-8-9-18-30(29)31/h5-20,25,32H,21-24H2,1-4H3,(H,35,39)/t32-/m0/s1. The van der Waals surface area contributed by atoms with Gasteiger partial charge in [0.1, 0.15) is 12.6 Å². The molecule has 2 amide bonds. The third-order valence-corrected chi connectivity index (χ3v) is 8.23. The number of carbonyl (C=O) groups is 2. The highest BCUT2D eigenvalue weighted by atomic mass is 32.2. The van der Waals surface area contributed by atoms with Crippen molar-refractivity contribution in [2.45, 2.75) is 39.8 Å². The molecule has 4 rings (SSSR count). The minimum Gasteiger partial charge on any atom is -0.354 e. The van der Waals surface area contributed by atoms with E-state index >= 15 is 0 Å². The van der Waals surface area contributed by atoms with Gasteiger partial charge in [0, 0.05) is 24.9 Å². The van der Waals surface area contributed by atoms with Crippen molar-refractivity contribution in [3.8, 4) is 0 Å². The molecule has 0 radical (unpaired) electrons. The van der Waals surface area contributed by atoms with Crippen LogP contribution in [0.1, 0.15) is 30.5 Å². The molecule has 42 heavy (non-hydrogen) atoms. The molecule has 1 atom stereocenters. The Bertz CT molecular complexity index is 1630. The maximum absolute atomic E-state index is 14.3. The molecule has 0 aromatic heterocycles. The number of benzene rings is 4. The van der Waals surface area contributed by atoms with E-state index in [0.717, 1.165) is 38.0 Å². The number of carbonyl (C=O) groups excluding carboxylic acids is 2. The number of hydrogen-bond acceptors (Lipinski definition) is 4. The highest BCUT2D eigenvalue weighted by molar-refractivity contribution is 7.92. The van der Waals surface area contributed by atoms with E-state index in [2.05, 4.69) is 5.32 Å². The number of anilines is 1. The maximum Gasteiger partial charge on any atom is 0.244 e. The predicted octanol–water partition coefficient (Wildman–Crippen LogP) is 5.33. The van der Waals surface area contributed by atoms with Crippen LogP contribution in [0.2, 0.25) is 0 Å². The van der Waals surface area contributed by atoms with E-state index in [1.165, 1.54) is 4.90 Å². The largest absolute Gasteiger partial charge is 0.354 e. The highest BCUT2D eigenvalue weighted by Gasteiger charge is 2.33. The van der Waals surface area contributed by atoms with E-state index in [1.807, 2.05) is 106 Å². The lowest BCUT2D eigenvalue weighted by molar-refractivity contribution is -0.140. The molecule has 0 spiro atoms. The molecule has 0 bridgehead atoms. The van der Waals surface area contributed by atoms with Gasteiger partial charge in [0.15, 0.2) is 0 Å². The minimum absolute atomic E-state index is 0.153. The predicted molar refractivity (Wildman–Crippen MR) is 170 cm³/mol. The molecule has 0 unspecified atom stereocenters. The van der Waals surface area contributed by atoms with Crippen LogP contribution >= 0.6 is 0 Å². The third-order valence-electron chi connectivity index (χ3n) is 7.11. The molecule has 4 aromatic rings. The van der Waals surface area contributed by atoms with Gasteiger partial charge in [-0.1, -0.05) is 110 Å². The summed E-state index contributed by atoms with van der Waals surface area (Å²) < 4.78 is 27.5. The summed E-state index contributed by atoms with van der Waals surface area (Å²) in [5, 5.41) is 4.59. The van der Waals surface area contributed by atoms with E-state index in [9.17, 15) is 18.0 Å². The number of aryl methyl sites for hydroxylation is 1. The molecular weight excluding hydrogens is 546 g/mol. The summed E-state index contributed by atoms with van der Waals surface area (Å²) in [7, 11) is -3.86. The van der Waals surface area contributed by atoms with Crippen molar-refractivity contribution in [3.63, 3.8) is 0 Å². The molecule has 4 aromatic carbocycles. The average Bonchev–Trinajstić information content (AvgIpc) is 2.96. The number of amides is 2. The van der Waals surface area contributed by atoms with Crippen molar-refractivity contribution in [3.05, 3.63) is 114 Å². The minimum atomic E-state index is -3.86. The monoisotopic (exact) mass is 585 g/mol. The van der Waals surface area contributed by atoms with Crippen molar-refractivity contribution in [2.75, 3.05) is 23.7 Å². The van der Waals surface area contributed by atoms with E-state index < -0.39 is 28.5 Å². The quantitative estimate of drug-likeness (QED) is 0.244. The normalized spacial score (nSPS) is 12.2. The number of nitrogens with zero attached hydrogens (tertiary/aromatic N) is 2. The van der Waals surface area contributed by atoms with Crippen molar-refractivity contribution in [1.29, 1.82) is 0 Å². The molecule has 0 fully saturated rings. The fourth-order valence-electron chi connectivity index (χ4n) is 5.00. The van der Waals surface area contributed by atoms with Gasteiger partial charge in [-0.25, -0.2) is 8.42 Å². The van der Waals surface area contributed by atoms with Crippen LogP contribution < -0.4 is 9.62 Å². The summed E-state index contributed by atoms with van der Waals surface area (Å²) in [6.45, 7) is 6.16. The van der Waals surface area contributed by atoms with Crippen LogP contribution in [-0.4, -0.2) is 50.5 Å². The smallest absolute Gasteiger partial charge is 0.244 e. The Kier molecular flexibility index (Phi) is 10.0. The summed E-state index contributed by atoms with van der Waals surface area (Å²) in [6, 6.07) is 29.3. The van der Waals surface area contributed by atoms with E-state index in [4.69, 9.17) is 0 Å². The second-order valence-electron chi connectivity index (χ2n) is 11.1. The zero-order valence-corrected chi connectivity index (χ0v) is 25.5. The Hall–Kier alpha value is -4.17. The van der Waals surface area contributed by atoms with Crippen molar-refractivity contribution >= 4 is 38.3 Å². The van der Waals surface area contributed by atoms with Gasteiger partial charge in [0.05, 0.1) is 11.9 Å². The Morgan fingerprint density at radius 2 is 1.48 bits per heavy atom. The molecule has 7 nitrogen and oxygen atoms in total. The van der Waals surface area contributed by atoms with Gasteiger partial charge in [-0.2, -0.15) is 0 Å². The fourth-order valence-corrected chi connectivity index (χ4v) is 5.87. The van der Waals surface area contributed by atoms with E-state index in [1.54, 1.807) is 12.1 Å². The number of nitrogens with one attached hydrogen (secondary N) is 1. The van der Waals surface area contributed by atoms with Gasteiger partial charge in [0.25, 0.3) is 0 Å². The third kappa shape index (κ3) is 7.97. The first-order valence-electron chi connectivity index (χ1n) is 14.1. The average molecular weight is 586 g/mol. The Morgan fingerprint density at radius 3 is 2.17 bits per heavy atom. The molecule has 0 aliphatic heterocycles. The molecule has 8 heteroatoms. The Morgan fingerprint density at radius 1 is 0.833 bits per heavy atom. The first-order valence-corrected chi connectivity index (χ1v) is 16.0. The van der Waals surface area contributed by atoms with Gasteiger partial charge in [-0.3, -0.25) is 13.9 Å². The van der Waals surface area contributed by atoms with Gasteiger partial charge in [-0.05, 0) is 35.4 Å². The molecule has 0 aliphatic rings. The molecule has 0 heterocycles. The molecule has 220 valence electrons. The molecule has 0 saturated heterocycles. The van der Waals surface area contributed by atoms with Crippen LogP contribution in [0.4, 0.5) is 5.69 Å². The SMILES string of the molecule is Cc1cccc(CN(C(=O)CN(c2cccc3ccccc23)S(C)(=O)=O)[C@@H](Cc2ccccc2)C(=O)NCC(C)C)c1. The van der Waals surface area contributed by atoms with Crippen LogP contribution in [0.5, 0.6) is 0 Å². The number of hydrogen-bond donors (Lipinski definition) is 1. The number of fused-ring (bicyclic) bond motifs is 1. The molecular formula is C34H39N3O4S. The Balaban J connectivity index is 1.77.